The maximum Gasteiger partial charge on any atom is 0.349 e. The molecule has 1 heterocycles. The van der Waals surface area contributed by atoms with Gasteiger partial charge in [0.1, 0.15) is 0 Å². The van der Waals surface area contributed by atoms with E-state index in [1.54, 1.807) is 29.1 Å². The number of carbonyl (C=O) groups excluding carboxylic acids is 2. The summed E-state index contributed by atoms with van der Waals surface area (Å²) in [6, 6.07) is 5.11. The molecular formula is C16H16Cl2N2O4. The van der Waals surface area contributed by atoms with Crippen molar-refractivity contribution in [2.75, 3.05) is 7.11 Å². The number of rotatable bonds is 5. The van der Waals surface area contributed by atoms with Gasteiger partial charge in [0, 0.05) is 11.2 Å². The SMILES string of the molecule is COC(=O)C(C)(C)OC(=O)Cc1cc(-n2cc(Cl)cn2)ccc1Cl. The molecule has 0 saturated heterocycles. The molecule has 0 N–H and O–H groups in total. The van der Waals surface area contributed by atoms with Crippen molar-refractivity contribution >= 4 is 35.1 Å². The quantitative estimate of drug-likeness (QED) is 0.755. The lowest BCUT2D eigenvalue weighted by Crippen LogP contribution is -2.38. The Balaban J connectivity index is 2.17. The van der Waals surface area contributed by atoms with Crippen LogP contribution in [0.1, 0.15) is 19.4 Å². The number of nitrogens with zero attached hydrogens (tertiary/aromatic N) is 2. The molecule has 0 aliphatic heterocycles. The molecule has 2 rings (SSSR count). The van der Waals surface area contributed by atoms with E-state index >= 15 is 0 Å². The summed E-state index contributed by atoms with van der Waals surface area (Å²) in [6.45, 7) is 2.92. The van der Waals surface area contributed by atoms with Gasteiger partial charge in [-0.2, -0.15) is 5.10 Å². The highest BCUT2D eigenvalue weighted by atomic mass is 35.5. The molecule has 8 heteroatoms. The highest BCUT2D eigenvalue weighted by Crippen LogP contribution is 2.22. The summed E-state index contributed by atoms with van der Waals surface area (Å²) in [5, 5.41) is 4.99. The average molecular weight is 371 g/mol. The molecule has 0 bridgehead atoms. The van der Waals surface area contributed by atoms with Crippen molar-refractivity contribution in [1.82, 2.24) is 9.78 Å². The monoisotopic (exact) mass is 370 g/mol. The first kappa shape index (κ1) is 18.3. The molecule has 1 aromatic heterocycles. The highest BCUT2D eigenvalue weighted by molar-refractivity contribution is 6.31. The summed E-state index contributed by atoms with van der Waals surface area (Å²) in [6.07, 6.45) is 3.04. The maximum atomic E-state index is 12.1. The van der Waals surface area contributed by atoms with Crippen LogP contribution < -0.4 is 0 Å². The van der Waals surface area contributed by atoms with E-state index in [0.29, 0.717) is 21.3 Å². The Labute approximate surface area is 149 Å². The zero-order valence-corrected chi connectivity index (χ0v) is 14.9. The van der Waals surface area contributed by atoms with E-state index < -0.39 is 17.5 Å². The van der Waals surface area contributed by atoms with E-state index in [4.69, 9.17) is 27.9 Å². The van der Waals surface area contributed by atoms with Crippen molar-refractivity contribution in [1.29, 1.82) is 0 Å². The van der Waals surface area contributed by atoms with Crippen LogP contribution in [0.5, 0.6) is 0 Å². The highest BCUT2D eigenvalue weighted by Gasteiger charge is 2.33. The van der Waals surface area contributed by atoms with Crippen molar-refractivity contribution in [3.8, 4) is 5.69 Å². The van der Waals surface area contributed by atoms with Gasteiger partial charge in [0.15, 0.2) is 0 Å². The number of hydrogen-bond acceptors (Lipinski definition) is 5. The molecule has 0 saturated carbocycles. The first-order valence-corrected chi connectivity index (χ1v) is 7.78. The number of benzene rings is 1. The second-order valence-corrected chi connectivity index (χ2v) is 6.38. The fourth-order valence-electron chi connectivity index (χ4n) is 2.04. The van der Waals surface area contributed by atoms with Crippen LogP contribution >= 0.6 is 23.2 Å². The molecule has 128 valence electrons. The maximum absolute atomic E-state index is 12.1. The normalized spacial score (nSPS) is 11.2. The summed E-state index contributed by atoms with van der Waals surface area (Å²) in [7, 11) is 1.23. The van der Waals surface area contributed by atoms with Gasteiger partial charge >= 0.3 is 11.9 Å². The third-order valence-electron chi connectivity index (χ3n) is 3.23. The summed E-state index contributed by atoms with van der Waals surface area (Å²) in [5.41, 5.74) is -0.126. The molecule has 1 aromatic carbocycles. The Morgan fingerprint density at radius 3 is 2.58 bits per heavy atom. The van der Waals surface area contributed by atoms with Gasteiger partial charge in [-0.05, 0) is 37.6 Å². The largest absolute Gasteiger partial charge is 0.466 e. The van der Waals surface area contributed by atoms with E-state index in [9.17, 15) is 9.59 Å². The number of halogens is 2. The number of carbonyl (C=O) groups is 2. The summed E-state index contributed by atoms with van der Waals surface area (Å²) >= 11 is 12.0. The summed E-state index contributed by atoms with van der Waals surface area (Å²) in [4.78, 5) is 23.7. The minimum absolute atomic E-state index is 0.0951. The van der Waals surface area contributed by atoms with E-state index in [0.717, 1.165) is 0 Å². The molecule has 0 radical (unpaired) electrons. The Kier molecular flexibility index (Phi) is 5.51. The van der Waals surface area contributed by atoms with E-state index in [1.807, 2.05) is 0 Å². The zero-order valence-electron chi connectivity index (χ0n) is 13.4. The fourth-order valence-corrected chi connectivity index (χ4v) is 2.37. The molecule has 24 heavy (non-hydrogen) atoms. The first-order valence-electron chi connectivity index (χ1n) is 7.02. The lowest BCUT2D eigenvalue weighted by Gasteiger charge is -2.22. The van der Waals surface area contributed by atoms with Gasteiger partial charge in [0.05, 0.1) is 30.4 Å². The molecule has 0 fully saturated rings. The van der Waals surface area contributed by atoms with Gasteiger partial charge < -0.3 is 9.47 Å². The van der Waals surface area contributed by atoms with Crippen LogP contribution in [0, 0.1) is 0 Å². The average Bonchev–Trinajstić information content (AvgIpc) is 2.94. The van der Waals surface area contributed by atoms with Crippen molar-refractivity contribution in [3.63, 3.8) is 0 Å². The zero-order chi connectivity index (χ0) is 17.9. The van der Waals surface area contributed by atoms with Crippen molar-refractivity contribution < 1.29 is 19.1 Å². The van der Waals surface area contributed by atoms with Crippen molar-refractivity contribution in [2.24, 2.45) is 0 Å². The first-order chi connectivity index (χ1) is 11.2. The third-order valence-corrected chi connectivity index (χ3v) is 3.79. The second kappa shape index (κ2) is 7.23. The summed E-state index contributed by atoms with van der Waals surface area (Å²) in [5.74, 6) is -1.23. The second-order valence-electron chi connectivity index (χ2n) is 5.53. The lowest BCUT2D eigenvalue weighted by atomic mass is 10.1. The lowest BCUT2D eigenvalue weighted by molar-refractivity contribution is -0.176. The third kappa shape index (κ3) is 4.27. The van der Waals surface area contributed by atoms with Crippen LogP contribution in [0.4, 0.5) is 0 Å². The van der Waals surface area contributed by atoms with Gasteiger partial charge in [0.25, 0.3) is 0 Å². The molecule has 0 atom stereocenters. The molecule has 0 spiro atoms. The van der Waals surface area contributed by atoms with E-state index in [1.165, 1.54) is 27.2 Å². The van der Waals surface area contributed by atoms with Crippen LogP contribution in [0.25, 0.3) is 5.69 Å². The number of esters is 2. The fraction of sp³-hybridized carbons (Fsp3) is 0.312. The van der Waals surface area contributed by atoms with Gasteiger partial charge in [-0.15, -0.1) is 0 Å². The minimum atomic E-state index is -1.37. The van der Waals surface area contributed by atoms with Gasteiger partial charge in [-0.1, -0.05) is 23.2 Å². The van der Waals surface area contributed by atoms with E-state index in [-0.39, 0.29) is 6.42 Å². The predicted octanol–water partition coefficient (Wildman–Crippen LogP) is 3.22. The molecule has 0 unspecified atom stereocenters. The standard InChI is InChI=1S/C16H16Cl2N2O4/c1-16(2,15(22)23-3)24-14(21)7-10-6-12(4-5-13(10)18)20-9-11(17)8-19-20/h4-6,8-9H,7H2,1-3H3. The molecule has 6 nitrogen and oxygen atoms in total. The number of methoxy groups -OCH3 is 1. The van der Waals surface area contributed by atoms with E-state index in [2.05, 4.69) is 9.84 Å². The Morgan fingerprint density at radius 1 is 1.29 bits per heavy atom. The van der Waals surface area contributed by atoms with Crippen LogP contribution in [0.3, 0.4) is 0 Å². The number of aromatic nitrogens is 2. The van der Waals surface area contributed by atoms with Gasteiger partial charge in [0.2, 0.25) is 5.60 Å². The van der Waals surface area contributed by atoms with Crippen LogP contribution in [0.2, 0.25) is 10.0 Å². The Morgan fingerprint density at radius 2 is 2.00 bits per heavy atom. The summed E-state index contributed by atoms with van der Waals surface area (Å²) < 4.78 is 11.3. The van der Waals surface area contributed by atoms with Crippen molar-refractivity contribution in [3.05, 3.63) is 46.2 Å². The van der Waals surface area contributed by atoms with Crippen LogP contribution in [-0.2, 0) is 25.5 Å². The van der Waals surface area contributed by atoms with Crippen molar-refractivity contribution in [2.45, 2.75) is 25.9 Å². The smallest absolute Gasteiger partial charge is 0.349 e. The molecule has 0 amide bonds. The van der Waals surface area contributed by atoms with Gasteiger partial charge in [-0.25, -0.2) is 9.48 Å². The number of ether oxygens (including phenoxy) is 2. The topological polar surface area (TPSA) is 70.4 Å². The molecule has 2 aromatic rings. The van der Waals surface area contributed by atoms with Crippen LogP contribution in [-0.4, -0.2) is 34.4 Å². The minimum Gasteiger partial charge on any atom is -0.466 e. The predicted molar refractivity (Wildman–Crippen MR) is 89.5 cm³/mol. The molecular weight excluding hydrogens is 355 g/mol. The molecule has 0 aliphatic rings. The Bertz CT molecular complexity index is 771. The Hall–Kier alpha value is -2.05. The number of hydrogen-bond donors (Lipinski definition) is 0. The van der Waals surface area contributed by atoms with Gasteiger partial charge in [-0.3, -0.25) is 4.79 Å². The van der Waals surface area contributed by atoms with Crippen LogP contribution in [0.15, 0.2) is 30.6 Å². The molecule has 0 aliphatic carbocycles.